The van der Waals surface area contributed by atoms with Crippen molar-refractivity contribution in [3.8, 4) is 41.8 Å². The third kappa shape index (κ3) is 5.70. The van der Waals surface area contributed by atoms with Gasteiger partial charge < -0.3 is 0 Å². The van der Waals surface area contributed by atoms with Crippen LogP contribution in [0.3, 0.4) is 0 Å². The molecule has 0 spiro atoms. The number of hydrogen-bond donors (Lipinski definition) is 0. The molecule has 0 saturated heterocycles. The van der Waals surface area contributed by atoms with Crippen molar-refractivity contribution in [3.05, 3.63) is 166 Å². The van der Waals surface area contributed by atoms with Gasteiger partial charge >= 0.3 is 0 Å². The predicted octanol–water partition coefficient (Wildman–Crippen LogP) is 12.6. The average molecular weight is 837 g/mol. The second-order valence-corrected chi connectivity index (χ2v) is 18.3. The van der Waals surface area contributed by atoms with Gasteiger partial charge in [0, 0.05) is 64.1 Å². The molecule has 7 aliphatic rings. The highest BCUT2D eigenvalue weighted by Crippen LogP contribution is 2.49. The van der Waals surface area contributed by atoms with Crippen LogP contribution in [0.1, 0.15) is 73.6 Å². The zero-order chi connectivity index (χ0) is 40.7. The predicted molar refractivity (Wildman–Crippen MR) is 257 cm³/mol. The first-order valence-corrected chi connectivity index (χ1v) is 23.1. The molecule has 6 aromatic rings. The zero-order valence-electron chi connectivity index (χ0n) is 33.6. The molecule has 0 amide bonds. The number of rotatable bonds is 4. The standard InChI is InChI=1S/C52H36N8S2/c1-5-17-29(18-6-1)41-37-38(42(61-41)30-19-7-2-8-20-30)50-56-46-35-27-15-16-28-36(35)48(54-46)58-52-40-39(43(31-21-9-3-10-22-31)62-44(40)32-23-11-4-12-24-32)51(60-52)57-47-34-26-14-13-25-33(34)45(53-47)55-49(37)59-50/h1-12,17-24H,13-16,25-28H2. The molecule has 0 N–H and O–H groups in total. The molecule has 0 atom stereocenters. The Hall–Kier alpha value is -6.88. The van der Waals surface area contributed by atoms with Gasteiger partial charge in [-0.15, -0.1) is 22.7 Å². The van der Waals surface area contributed by atoms with Crippen molar-refractivity contribution in [1.82, 2.24) is 0 Å². The summed E-state index contributed by atoms with van der Waals surface area (Å²) < 4.78 is 0. The normalized spacial score (nSPS) is 18.5. The minimum absolute atomic E-state index is 0.624. The average Bonchev–Trinajstić information content (AvgIpc) is 4.18. The summed E-state index contributed by atoms with van der Waals surface area (Å²) in [6, 6.07) is 42.4. The molecule has 5 aliphatic heterocycles. The van der Waals surface area contributed by atoms with Gasteiger partial charge in [-0.25, -0.2) is 39.9 Å². The fourth-order valence-corrected chi connectivity index (χ4v) is 12.3. The molecule has 7 heterocycles. The second kappa shape index (κ2) is 14.4. The first kappa shape index (κ1) is 35.8. The SMILES string of the molecule is c1ccc(-c2sc(-c3ccccc3)c3c2C2=NC4=NC(=NC5=NC(=NC6=NC(=NC3=N2)C2=C6CCCC2)c2c(-c3ccccc3)sc(-c3ccccc3)c25)C2=C4CCCC2)cc1. The van der Waals surface area contributed by atoms with Crippen LogP contribution in [0.5, 0.6) is 0 Å². The summed E-state index contributed by atoms with van der Waals surface area (Å²) in [6.45, 7) is 0. The van der Waals surface area contributed by atoms with E-state index in [1.54, 1.807) is 22.7 Å². The van der Waals surface area contributed by atoms with Crippen molar-refractivity contribution in [2.24, 2.45) is 39.9 Å². The van der Waals surface area contributed by atoms with E-state index in [0.717, 1.165) is 138 Å². The van der Waals surface area contributed by atoms with Crippen LogP contribution in [0.4, 0.5) is 0 Å². The van der Waals surface area contributed by atoms with E-state index in [2.05, 4.69) is 121 Å². The van der Waals surface area contributed by atoms with E-state index in [9.17, 15) is 0 Å². The number of hydrogen-bond acceptors (Lipinski definition) is 10. The molecular weight excluding hydrogens is 801 g/mol. The molecule has 8 nitrogen and oxygen atoms in total. The van der Waals surface area contributed by atoms with Gasteiger partial charge in [0.15, 0.2) is 46.7 Å². The van der Waals surface area contributed by atoms with Crippen molar-refractivity contribution in [3.63, 3.8) is 0 Å². The van der Waals surface area contributed by atoms with E-state index in [0.29, 0.717) is 46.7 Å². The molecule has 0 fully saturated rings. The molecule has 10 heteroatoms. The van der Waals surface area contributed by atoms with Gasteiger partial charge in [-0.2, -0.15) is 0 Å². The van der Waals surface area contributed by atoms with Gasteiger partial charge in [-0.1, -0.05) is 121 Å². The Labute approximate surface area is 366 Å². The van der Waals surface area contributed by atoms with Crippen LogP contribution in [0, 0.1) is 0 Å². The lowest BCUT2D eigenvalue weighted by molar-refractivity contribution is 0.706. The van der Waals surface area contributed by atoms with Crippen LogP contribution >= 0.6 is 22.7 Å². The van der Waals surface area contributed by atoms with Crippen molar-refractivity contribution in [2.75, 3.05) is 0 Å². The first-order valence-electron chi connectivity index (χ1n) is 21.5. The van der Waals surface area contributed by atoms with Crippen LogP contribution in [0.15, 0.2) is 184 Å². The Balaban J connectivity index is 1.11. The summed E-state index contributed by atoms with van der Waals surface area (Å²) in [5.74, 6) is 5.22. The molecule has 0 radical (unpaired) electrons. The Morgan fingerprint density at radius 2 is 0.468 bits per heavy atom. The van der Waals surface area contributed by atoms with Crippen LogP contribution in [0.25, 0.3) is 41.8 Å². The fraction of sp³-hybridized carbons (Fsp3) is 0.154. The number of amidine groups is 8. The zero-order valence-corrected chi connectivity index (χ0v) is 35.2. The highest BCUT2D eigenvalue weighted by molar-refractivity contribution is 7.20. The minimum atomic E-state index is 0.624. The van der Waals surface area contributed by atoms with Crippen LogP contribution < -0.4 is 0 Å². The summed E-state index contributed by atoms with van der Waals surface area (Å²) in [7, 11) is 0. The van der Waals surface area contributed by atoms with E-state index >= 15 is 0 Å². The molecular formula is C52H36N8S2. The Morgan fingerprint density at radius 3 is 0.726 bits per heavy atom. The van der Waals surface area contributed by atoms with Gasteiger partial charge in [0.2, 0.25) is 0 Å². The Morgan fingerprint density at radius 1 is 0.258 bits per heavy atom. The minimum Gasteiger partial charge on any atom is -0.209 e. The summed E-state index contributed by atoms with van der Waals surface area (Å²) >= 11 is 3.54. The molecule has 2 aliphatic carbocycles. The summed E-state index contributed by atoms with van der Waals surface area (Å²) in [6.07, 6.45) is 7.79. The molecule has 13 rings (SSSR count). The van der Waals surface area contributed by atoms with Crippen molar-refractivity contribution in [1.29, 1.82) is 0 Å². The van der Waals surface area contributed by atoms with Crippen LogP contribution in [0.2, 0.25) is 0 Å². The third-order valence-electron chi connectivity index (χ3n) is 12.6. The van der Waals surface area contributed by atoms with Gasteiger partial charge in [-0.05, 0) is 73.6 Å². The van der Waals surface area contributed by atoms with Gasteiger partial charge in [0.25, 0.3) is 0 Å². The lowest BCUT2D eigenvalue weighted by Crippen LogP contribution is -2.08. The third-order valence-corrected chi connectivity index (χ3v) is 15.1. The Kier molecular flexibility index (Phi) is 8.30. The van der Waals surface area contributed by atoms with E-state index in [-0.39, 0.29) is 0 Å². The fourth-order valence-electron chi connectivity index (χ4n) is 9.67. The molecule has 0 unspecified atom stereocenters. The van der Waals surface area contributed by atoms with E-state index in [1.807, 2.05) is 0 Å². The first-order chi connectivity index (χ1) is 30.7. The summed E-state index contributed by atoms with van der Waals surface area (Å²) in [5.41, 5.74) is 13.0. The van der Waals surface area contributed by atoms with E-state index < -0.39 is 0 Å². The summed E-state index contributed by atoms with van der Waals surface area (Å²) in [4.78, 5) is 47.7. The monoisotopic (exact) mass is 836 g/mol. The van der Waals surface area contributed by atoms with Gasteiger partial charge in [0.05, 0.1) is 0 Å². The van der Waals surface area contributed by atoms with Crippen molar-refractivity contribution < 1.29 is 0 Å². The van der Waals surface area contributed by atoms with Crippen molar-refractivity contribution >= 4 is 69.4 Å². The number of thiophene rings is 2. The number of aliphatic imine (C=N–C) groups is 8. The largest absolute Gasteiger partial charge is 0.209 e. The highest BCUT2D eigenvalue weighted by Gasteiger charge is 2.39. The highest BCUT2D eigenvalue weighted by atomic mass is 32.1. The second-order valence-electron chi connectivity index (χ2n) is 16.3. The lowest BCUT2D eigenvalue weighted by Gasteiger charge is -2.13. The van der Waals surface area contributed by atoms with E-state index in [4.69, 9.17) is 39.9 Å². The number of fused-ring (bicyclic) bond motifs is 14. The smallest absolute Gasteiger partial charge is 0.166 e. The van der Waals surface area contributed by atoms with Crippen molar-refractivity contribution in [2.45, 2.75) is 51.4 Å². The number of nitrogens with zero attached hydrogens (tertiary/aromatic N) is 8. The lowest BCUT2D eigenvalue weighted by atomic mass is 9.92. The molecule has 8 bridgehead atoms. The molecule has 0 saturated carbocycles. The maximum Gasteiger partial charge on any atom is 0.166 e. The van der Waals surface area contributed by atoms with Crippen LogP contribution in [-0.4, -0.2) is 46.7 Å². The van der Waals surface area contributed by atoms with Gasteiger partial charge in [-0.3, -0.25) is 0 Å². The van der Waals surface area contributed by atoms with E-state index in [1.165, 1.54) is 0 Å². The molecule has 62 heavy (non-hydrogen) atoms. The number of benzene rings is 4. The Bertz CT molecular complexity index is 3020. The molecule has 2 aromatic heterocycles. The van der Waals surface area contributed by atoms with Gasteiger partial charge in [0.1, 0.15) is 0 Å². The molecule has 4 aromatic carbocycles. The maximum absolute atomic E-state index is 5.47. The topological polar surface area (TPSA) is 98.9 Å². The summed E-state index contributed by atoms with van der Waals surface area (Å²) in [5, 5.41) is 0. The molecule has 296 valence electrons. The quantitative estimate of drug-likeness (QED) is 0.169. The maximum atomic E-state index is 5.47. The van der Waals surface area contributed by atoms with Crippen LogP contribution in [-0.2, 0) is 0 Å².